The number of hydrogen-bond donors (Lipinski definition) is 1. The van der Waals surface area contributed by atoms with Crippen LogP contribution in [0.15, 0.2) is 15.1 Å². The van der Waals surface area contributed by atoms with Crippen LogP contribution in [0, 0.1) is 0 Å². The molecular formula is C6H12N4. The van der Waals surface area contributed by atoms with Gasteiger partial charge in [0.15, 0.2) is 0 Å². The Bertz CT molecular complexity index is 148. The maximum Gasteiger partial charge on any atom is 0.120 e. The fourth-order valence-electron chi connectivity index (χ4n) is 0.352. The molecule has 0 radical (unpaired) electrons. The van der Waals surface area contributed by atoms with E-state index in [1.807, 2.05) is 6.92 Å². The van der Waals surface area contributed by atoms with Gasteiger partial charge in [0.25, 0.3) is 0 Å². The Morgan fingerprint density at radius 2 is 2.40 bits per heavy atom. The molecule has 0 aliphatic rings. The van der Waals surface area contributed by atoms with Crippen molar-refractivity contribution in [3.63, 3.8) is 0 Å². The summed E-state index contributed by atoms with van der Waals surface area (Å²) >= 11 is 0. The van der Waals surface area contributed by atoms with E-state index in [-0.39, 0.29) is 0 Å². The van der Waals surface area contributed by atoms with Gasteiger partial charge in [-0.15, -0.1) is 0 Å². The Morgan fingerprint density at radius 1 is 1.70 bits per heavy atom. The first-order valence-corrected chi connectivity index (χ1v) is 3.05. The highest BCUT2D eigenvalue weighted by Gasteiger charge is 1.79. The van der Waals surface area contributed by atoms with Crippen molar-refractivity contribution >= 4 is 18.9 Å². The van der Waals surface area contributed by atoms with Crippen LogP contribution in [0.2, 0.25) is 0 Å². The quantitative estimate of drug-likeness (QED) is 0.349. The molecule has 0 amide bonds. The predicted octanol–water partition coefficient (Wildman–Crippen LogP) is 0.658. The van der Waals surface area contributed by atoms with Crippen molar-refractivity contribution in [1.82, 2.24) is 5.43 Å². The third kappa shape index (κ3) is 4.96. The second-order valence-corrected chi connectivity index (χ2v) is 1.60. The molecule has 0 unspecified atom stereocenters. The zero-order valence-corrected chi connectivity index (χ0v) is 6.33. The summed E-state index contributed by atoms with van der Waals surface area (Å²) in [4.78, 5) is 7.76. The molecule has 0 aromatic rings. The Hall–Kier alpha value is -1.19. The minimum atomic E-state index is 0.687. The Labute approximate surface area is 60.8 Å². The number of hydrazone groups is 1. The van der Waals surface area contributed by atoms with Gasteiger partial charge in [0, 0.05) is 13.3 Å². The number of rotatable bonds is 3. The summed E-state index contributed by atoms with van der Waals surface area (Å²) in [5.41, 5.74) is 2.58. The first-order chi connectivity index (χ1) is 4.81. The van der Waals surface area contributed by atoms with E-state index >= 15 is 0 Å². The van der Waals surface area contributed by atoms with Gasteiger partial charge in [0.05, 0.1) is 0 Å². The van der Waals surface area contributed by atoms with Crippen LogP contribution < -0.4 is 5.43 Å². The standard InChI is InChI=1S/C6H12N4/c1-4-8-5-9-6(2)10-7-3/h5H,3-4H2,1-2H3,(H,8,9,10). The fourth-order valence-corrected chi connectivity index (χ4v) is 0.352. The predicted molar refractivity (Wildman–Crippen MR) is 44.8 cm³/mol. The average molecular weight is 140 g/mol. The highest BCUT2D eigenvalue weighted by Crippen LogP contribution is 1.70. The lowest BCUT2D eigenvalue weighted by Gasteiger charge is -1.92. The van der Waals surface area contributed by atoms with Crippen LogP contribution in [0.5, 0.6) is 0 Å². The van der Waals surface area contributed by atoms with Gasteiger partial charge in [-0.2, -0.15) is 5.10 Å². The fraction of sp³-hybridized carbons (Fsp3) is 0.500. The van der Waals surface area contributed by atoms with Gasteiger partial charge < -0.3 is 0 Å². The van der Waals surface area contributed by atoms with E-state index in [2.05, 4.69) is 27.2 Å². The number of nitrogens with zero attached hydrogens (tertiary/aromatic N) is 3. The molecule has 0 rings (SSSR count). The van der Waals surface area contributed by atoms with Crippen LogP contribution in [0.25, 0.3) is 0 Å². The minimum absolute atomic E-state index is 0.687. The van der Waals surface area contributed by atoms with Crippen LogP contribution in [-0.2, 0) is 0 Å². The molecule has 0 atom stereocenters. The summed E-state index contributed by atoms with van der Waals surface area (Å²) in [6.07, 6.45) is 1.49. The van der Waals surface area contributed by atoms with E-state index in [9.17, 15) is 0 Å². The molecular weight excluding hydrogens is 128 g/mol. The largest absolute Gasteiger partial charge is 0.274 e. The Balaban J connectivity index is 3.67. The molecule has 0 saturated carbocycles. The lowest BCUT2D eigenvalue weighted by atomic mass is 10.7. The van der Waals surface area contributed by atoms with Gasteiger partial charge in [-0.3, -0.25) is 10.4 Å². The third-order valence-electron chi connectivity index (χ3n) is 0.756. The summed E-state index contributed by atoms with van der Waals surface area (Å²) < 4.78 is 0. The first-order valence-electron chi connectivity index (χ1n) is 3.05. The van der Waals surface area contributed by atoms with Crippen molar-refractivity contribution in [1.29, 1.82) is 0 Å². The van der Waals surface area contributed by atoms with Gasteiger partial charge in [-0.05, 0) is 13.8 Å². The van der Waals surface area contributed by atoms with Gasteiger partial charge in [-0.25, -0.2) is 4.99 Å². The summed E-state index contributed by atoms with van der Waals surface area (Å²) in [7, 11) is 0. The first kappa shape index (κ1) is 8.81. The topological polar surface area (TPSA) is 49.1 Å². The van der Waals surface area contributed by atoms with Crippen LogP contribution >= 0.6 is 0 Å². The molecule has 0 saturated heterocycles. The Kier molecular flexibility index (Phi) is 5.23. The molecule has 4 nitrogen and oxygen atoms in total. The number of amidine groups is 1. The van der Waals surface area contributed by atoms with E-state index < -0.39 is 0 Å². The maximum atomic E-state index is 3.88. The van der Waals surface area contributed by atoms with Crippen LogP contribution in [0.3, 0.4) is 0 Å². The van der Waals surface area contributed by atoms with Gasteiger partial charge in [0.2, 0.25) is 0 Å². The third-order valence-corrected chi connectivity index (χ3v) is 0.756. The SMILES string of the molecule is C=NN/C(C)=N/C=N\CC. The van der Waals surface area contributed by atoms with E-state index in [0.29, 0.717) is 5.84 Å². The summed E-state index contributed by atoms with van der Waals surface area (Å²) in [5, 5.41) is 3.42. The second-order valence-electron chi connectivity index (χ2n) is 1.60. The maximum absolute atomic E-state index is 3.88. The molecule has 0 aromatic carbocycles. The summed E-state index contributed by atoms with van der Waals surface area (Å²) in [6.45, 7) is 7.72. The number of aliphatic imine (C=N–C) groups is 2. The molecule has 0 heterocycles. The van der Waals surface area contributed by atoms with Crippen molar-refractivity contribution < 1.29 is 0 Å². The molecule has 10 heavy (non-hydrogen) atoms. The van der Waals surface area contributed by atoms with Crippen molar-refractivity contribution in [3.8, 4) is 0 Å². The highest BCUT2D eigenvalue weighted by molar-refractivity contribution is 5.86. The van der Waals surface area contributed by atoms with Crippen molar-refractivity contribution in [3.05, 3.63) is 0 Å². The Morgan fingerprint density at radius 3 is 2.90 bits per heavy atom. The van der Waals surface area contributed by atoms with Gasteiger partial charge >= 0.3 is 0 Å². The van der Waals surface area contributed by atoms with Crippen molar-refractivity contribution in [2.45, 2.75) is 13.8 Å². The molecule has 0 aliphatic heterocycles. The summed E-state index contributed by atoms with van der Waals surface area (Å²) in [6, 6.07) is 0. The average Bonchev–Trinajstić information content (AvgIpc) is 1.89. The van der Waals surface area contributed by atoms with Crippen LogP contribution in [0.1, 0.15) is 13.8 Å². The molecule has 1 N–H and O–H groups in total. The zero-order chi connectivity index (χ0) is 7.82. The van der Waals surface area contributed by atoms with Gasteiger partial charge in [-0.1, -0.05) is 0 Å². The molecule has 0 spiro atoms. The van der Waals surface area contributed by atoms with E-state index in [1.54, 1.807) is 6.92 Å². The normalized spacial score (nSPS) is 12.0. The van der Waals surface area contributed by atoms with Crippen LogP contribution in [-0.4, -0.2) is 25.4 Å². The lowest BCUT2D eigenvalue weighted by Crippen LogP contribution is -2.12. The molecule has 0 bridgehead atoms. The molecule has 4 heteroatoms. The lowest BCUT2D eigenvalue weighted by molar-refractivity contribution is 1.03. The molecule has 0 aliphatic carbocycles. The van der Waals surface area contributed by atoms with E-state index in [4.69, 9.17) is 0 Å². The van der Waals surface area contributed by atoms with Crippen molar-refractivity contribution in [2.24, 2.45) is 15.1 Å². The van der Waals surface area contributed by atoms with Crippen LogP contribution in [0.4, 0.5) is 0 Å². The number of hydrogen-bond acceptors (Lipinski definition) is 2. The number of nitrogens with one attached hydrogen (secondary N) is 1. The molecule has 0 aromatic heterocycles. The monoisotopic (exact) mass is 140 g/mol. The van der Waals surface area contributed by atoms with E-state index in [1.165, 1.54) is 6.34 Å². The smallest absolute Gasteiger partial charge is 0.120 e. The zero-order valence-electron chi connectivity index (χ0n) is 6.33. The van der Waals surface area contributed by atoms with Gasteiger partial charge in [0.1, 0.15) is 12.2 Å². The second kappa shape index (κ2) is 5.94. The van der Waals surface area contributed by atoms with E-state index in [0.717, 1.165) is 6.54 Å². The molecule has 0 fully saturated rings. The molecule has 56 valence electrons. The van der Waals surface area contributed by atoms with Crippen molar-refractivity contribution in [2.75, 3.05) is 6.54 Å². The highest BCUT2D eigenvalue weighted by atomic mass is 15.3. The minimum Gasteiger partial charge on any atom is -0.274 e. The summed E-state index contributed by atoms with van der Waals surface area (Å²) in [5.74, 6) is 0.687.